The van der Waals surface area contributed by atoms with Gasteiger partial charge in [-0.05, 0) is 36.4 Å². The number of thioether (sulfide) groups is 1. The lowest BCUT2D eigenvalue weighted by Crippen LogP contribution is -2.41. The van der Waals surface area contributed by atoms with Gasteiger partial charge in [0.05, 0.1) is 30.1 Å². The summed E-state index contributed by atoms with van der Waals surface area (Å²) in [5, 5.41) is 12.1. The number of furan rings is 1. The Balaban J connectivity index is 1.71. The molecule has 2 aromatic rings. The molecule has 1 atom stereocenters. The second-order valence-electron chi connectivity index (χ2n) is 5.81. The molecule has 3 rings (SSSR count). The fourth-order valence-electron chi connectivity index (χ4n) is 2.76. The zero-order valence-corrected chi connectivity index (χ0v) is 15.0. The third-order valence-corrected chi connectivity index (χ3v) is 6.76. The minimum absolute atomic E-state index is 0.0307. The molecule has 9 heteroatoms. The third-order valence-electron chi connectivity index (χ3n) is 4.01. The summed E-state index contributed by atoms with van der Waals surface area (Å²) in [5.74, 6) is 0.501. The van der Waals surface area contributed by atoms with E-state index in [2.05, 4.69) is 0 Å². The molecule has 25 heavy (non-hydrogen) atoms. The fourth-order valence-corrected chi connectivity index (χ4v) is 5.29. The van der Waals surface area contributed by atoms with Gasteiger partial charge in [0.15, 0.2) is 16.0 Å². The summed E-state index contributed by atoms with van der Waals surface area (Å²) in [6.07, 6.45) is 3.31. The van der Waals surface area contributed by atoms with E-state index in [1.54, 1.807) is 35.2 Å². The molecule has 2 aromatic heterocycles. The van der Waals surface area contributed by atoms with E-state index in [-0.39, 0.29) is 35.8 Å². The van der Waals surface area contributed by atoms with Crippen LogP contribution < -0.4 is 4.73 Å². The molecule has 0 aromatic carbocycles. The molecular weight excluding hydrogens is 364 g/mol. The lowest BCUT2D eigenvalue weighted by atomic mass is 10.2. The van der Waals surface area contributed by atoms with E-state index in [0.29, 0.717) is 21.9 Å². The van der Waals surface area contributed by atoms with Gasteiger partial charge in [0.2, 0.25) is 5.91 Å². The Morgan fingerprint density at radius 2 is 2.20 bits per heavy atom. The Hall–Kier alpha value is -2.00. The van der Waals surface area contributed by atoms with Crippen molar-refractivity contribution in [3.8, 4) is 0 Å². The van der Waals surface area contributed by atoms with Crippen molar-refractivity contribution in [3.05, 3.63) is 53.8 Å². The minimum Gasteiger partial charge on any atom is -0.618 e. The van der Waals surface area contributed by atoms with Gasteiger partial charge >= 0.3 is 0 Å². The van der Waals surface area contributed by atoms with Gasteiger partial charge in [-0.15, -0.1) is 0 Å². The summed E-state index contributed by atoms with van der Waals surface area (Å²) in [4.78, 5) is 14.3. The van der Waals surface area contributed by atoms with Crippen LogP contribution in [0.3, 0.4) is 0 Å². The lowest BCUT2D eigenvalue weighted by Gasteiger charge is -2.27. The van der Waals surface area contributed by atoms with Crippen LogP contribution >= 0.6 is 11.8 Å². The first-order valence-corrected chi connectivity index (χ1v) is 10.6. The zero-order chi connectivity index (χ0) is 17.9. The van der Waals surface area contributed by atoms with Gasteiger partial charge in [0, 0.05) is 18.2 Å². The van der Waals surface area contributed by atoms with E-state index in [9.17, 15) is 18.4 Å². The van der Waals surface area contributed by atoms with Crippen LogP contribution in [0.2, 0.25) is 0 Å². The van der Waals surface area contributed by atoms with Gasteiger partial charge in [0.25, 0.3) is 5.03 Å². The van der Waals surface area contributed by atoms with E-state index < -0.39 is 9.84 Å². The van der Waals surface area contributed by atoms with Gasteiger partial charge < -0.3 is 14.5 Å². The number of carbonyl (C=O) groups is 1. The van der Waals surface area contributed by atoms with Crippen LogP contribution in [0, 0.1) is 5.21 Å². The standard InChI is InChI=1S/C16H18N2O5S2/c19-15(11-24-16-5-1-2-7-18(16)20)17(10-14-4-3-8-23-14)13-6-9-25(21,22)12-13/h1-5,7-8,13H,6,9-12H2/t13-/m1/s1. The number of hydrogen-bond acceptors (Lipinski definition) is 6. The molecule has 0 unspecified atom stereocenters. The SMILES string of the molecule is O=C(CSc1cccc[n+]1[O-])N(Cc1ccco1)[C@@H]1CCS(=O)(=O)C1. The Labute approximate surface area is 150 Å². The van der Waals surface area contributed by atoms with Crippen LogP contribution in [-0.4, -0.2) is 42.5 Å². The van der Waals surface area contributed by atoms with Crippen molar-refractivity contribution in [3.63, 3.8) is 0 Å². The number of hydrogen-bond donors (Lipinski definition) is 0. The molecule has 0 bridgehead atoms. The maximum atomic E-state index is 12.7. The highest BCUT2D eigenvalue weighted by atomic mass is 32.2. The average Bonchev–Trinajstić information content (AvgIpc) is 3.20. The molecule has 1 aliphatic rings. The summed E-state index contributed by atoms with van der Waals surface area (Å²) >= 11 is 1.13. The highest BCUT2D eigenvalue weighted by molar-refractivity contribution is 7.99. The van der Waals surface area contributed by atoms with E-state index in [1.165, 1.54) is 12.5 Å². The highest BCUT2D eigenvalue weighted by Crippen LogP contribution is 2.22. The van der Waals surface area contributed by atoms with Crippen molar-refractivity contribution in [1.82, 2.24) is 4.90 Å². The lowest BCUT2D eigenvalue weighted by molar-refractivity contribution is -0.645. The number of rotatable bonds is 6. The molecule has 1 aliphatic heterocycles. The van der Waals surface area contributed by atoms with Crippen molar-refractivity contribution in [1.29, 1.82) is 0 Å². The number of carbonyl (C=O) groups excluding carboxylic acids is 1. The van der Waals surface area contributed by atoms with Crippen molar-refractivity contribution in [2.45, 2.75) is 24.0 Å². The van der Waals surface area contributed by atoms with Gasteiger partial charge in [-0.1, -0.05) is 0 Å². The molecule has 0 saturated carbocycles. The molecule has 7 nitrogen and oxygen atoms in total. The van der Waals surface area contributed by atoms with Crippen LogP contribution in [0.25, 0.3) is 0 Å². The molecule has 0 radical (unpaired) electrons. The Kier molecular flexibility index (Phi) is 5.33. The van der Waals surface area contributed by atoms with Gasteiger partial charge in [0.1, 0.15) is 5.76 Å². The number of sulfone groups is 1. The topological polar surface area (TPSA) is 94.5 Å². The van der Waals surface area contributed by atoms with E-state index in [1.807, 2.05) is 0 Å². The summed E-state index contributed by atoms with van der Waals surface area (Å²) < 4.78 is 29.6. The first-order valence-electron chi connectivity index (χ1n) is 7.78. The molecular formula is C16H18N2O5S2. The zero-order valence-electron chi connectivity index (χ0n) is 13.4. The maximum Gasteiger partial charge on any atom is 0.251 e. The monoisotopic (exact) mass is 382 g/mol. The van der Waals surface area contributed by atoms with Crippen molar-refractivity contribution >= 4 is 27.5 Å². The largest absolute Gasteiger partial charge is 0.618 e. The number of aromatic nitrogens is 1. The van der Waals surface area contributed by atoms with E-state index in [4.69, 9.17) is 4.42 Å². The van der Waals surface area contributed by atoms with Crippen LogP contribution in [-0.2, 0) is 21.2 Å². The van der Waals surface area contributed by atoms with Crippen LogP contribution in [0.4, 0.5) is 0 Å². The molecule has 1 saturated heterocycles. The minimum atomic E-state index is -3.11. The smallest absolute Gasteiger partial charge is 0.251 e. The first kappa shape index (κ1) is 17.8. The summed E-state index contributed by atoms with van der Waals surface area (Å²) in [5.41, 5.74) is 0. The summed E-state index contributed by atoms with van der Waals surface area (Å²) in [6, 6.07) is 8.10. The molecule has 1 fully saturated rings. The second-order valence-corrected chi connectivity index (χ2v) is 9.04. The fraction of sp³-hybridized carbons (Fsp3) is 0.375. The van der Waals surface area contributed by atoms with Crippen molar-refractivity contribution < 1.29 is 22.4 Å². The number of pyridine rings is 1. The Bertz CT molecular complexity index is 836. The predicted molar refractivity (Wildman–Crippen MR) is 92.4 cm³/mol. The average molecular weight is 382 g/mol. The van der Waals surface area contributed by atoms with Gasteiger partial charge in [-0.3, -0.25) is 4.79 Å². The van der Waals surface area contributed by atoms with Crippen molar-refractivity contribution in [2.75, 3.05) is 17.3 Å². The summed E-state index contributed by atoms with van der Waals surface area (Å²) in [6.45, 7) is 0.221. The molecule has 0 spiro atoms. The van der Waals surface area contributed by atoms with Crippen LogP contribution in [0.1, 0.15) is 12.2 Å². The molecule has 134 valence electrons. The highest BCUT2D eigenvalue weighted by Gasteiger charge is 2.35. The first-order chi connectivity index (χ1) is 11.9. The van der Waals surface area contributed by atoms with Crippen LogP contribution in [0.5, 0.6) is 0 Å². The molecule has 3 heterocycles. The predicted octanol–water partition coefficient (Wildman–Crippen LogP) is 1.22. The number of nitrogens with zero attached hydrogens (tertiary/aromatic N) is 2. The molecule has 1 amide bonds. The van der Waals surface area contributed by atoms with Crippen LogP contribution in [0.15, 0.2) is 52.2 Å². The van der Waals surface area contributed by atoms with Gasteiger partial charge in [-0.2, -0.15) is 4.73 Å². The van der Waals surface area contributed by atoms with Gasteiger partial charge in [-0.25, -0.2) is 8.42 Å². The summed E-state index contributed by atoms with van der Waals surface area (Å²) in [7, 11) is -3.11. The Morgan fingerprint density at radius 1 is 1.36 bits per heavy atom. The molecule has 0 N–H and O–H groups in total. The maximum absolute atomic E-state index is 12.7. The molecule has 0 aliphatic carbocycles. The quantitative estimate of drug-likeness (QED) is 0.424. The number of amides is 1. The Morgan fingerprint density at radius 3 is 2.84 bits per heavy atom. The second kappa shape index (κ2) is 7.49. The van der Waals surface area contributed by atoms with Crippen molar-refractivity contribution in [2.24, 2.45) is 0 Å². The third kappa shape index (κ3) is 4.55. The normalized spacial score (nSPS) is 19.0. The van der Waals surface area contributed by atoms with E-state index in [0.717, 1.165) is 11.8 Å². The van der Waals surface area contributed by atoms with E-state index >= 15 is 0 Å².